The number of hydrogen-bond acceptors (Lipinski definition) is 3. The Morgan fingerprint density at radius 3 is 2.85 bits per heavy atom. The first-order chi connectivity index (χ1) is 9.74. The third kappa shape index (κ3) is 3.58. The summed E-state index contributed by atoms with van der Waals surface area (Å²) in [5.74, 6) is 0.907. The van der Waals surface area contributed by atoms with Gasteiger partial charge in [-0.1, -0.05) is 19.1 Å². The van der Waals surface area contributed by atoms with Crippen LogP contribution in [0.2, 0.25) is 0 Å². The highest BCUT2D eigenvalue weighted by Crippen LogP contribution is 2.23. The molecule has 2 rings (SSSR count). The fourth-order valence-corrected chi connectivity index (χ4v) is 2.45. The number of pyridine rings is 1. The lowest BCUT2D eigenvalue weighted by atomic mass is 9.96. The number of aryl methyl sites for hydroxylation is 1. The van der Waals surface area contributed by atoms with Crippen molar-refractivity contribution in [2.24, 2.45) is 0 Å². The molecule has 0 amide bonds. The average molecular weight is 270 g/mol. The molecule has 106 valence electrons. The van der Waals surface area contributed by atoms with Crippen LogP contribution in [-0.2, 0) is 6.42 Å². The minimum Gasteiger partial charge on any atom is -0.497 e. The summed E-state index contributed by atoms with van der Waals surface area (Å²) < 4.78 is 5.30. The molecule has 1 aromatic heterocycles. The Balaban J connectivity index is 2.23. The molecule has 1 heterocycles. The molecule has 1 unspecified atom stereocenters. The number of rotatable bonds is 6. The molecule has 0 aliphatic carbocycles. The van der Waals surface area contributed by atoms with Crippen LogP contribution in [0.25, 0.3) is 0 Å². The Morgan fingerprint density at radius 2 is 2.15 bits per heavy atom. The van der Waals surface area contributed by atoms with Crippen LogP contribution in [0.4, 0.5) is 0 Å². The van der Waals surface area contributed by atoms with E-state index < -0.39 is 0 Å². The fraction of sp³-hybridized carbons (Fsp3) is 0.353. The van der Waals surface area contributed by atoms with Crippen LogP contribution in [0.1, 0.15) is 29.7 Å². The molecular formula is C17H22N2O. The number of hydrogen-bond donors (Lipinski definition) is 1. The monoisotopic (exact) mass is 270 g/mol. The Hall–Kier alpha value is -1.87. The first-order valence-electron chi connectivity index (χ1n) is 7.01. The summed E-state index contributed by atoms with van der Waals surface area (Å²) in [7, 11) is 1.70. The van der Waals surface area contributed by atoms with Gasteiger partial charge in [0.1, 0.15) is 5.75 Å². The molecule has 0 aliphatic heterocycles. The zero-order valence-electron chi connectivity index (χ0n) is 12.4. The van der Waals surface area contributed by atoms with Crippen LogP contribution < -0.4 is 10.1 Å². The fourth-order valence-electron chi connectivity index (χ4n) is 2.45. The van der Waals surface area contributed by atoms with Crippen molar-refractivity contribution in [2.45, 2.75) is 26.3 Å². The molecule has 0 spiro atoms. The van der Waals surface area contributed by atoms with Crippen molar-refractivity contribution >= 4 is 0 Å². The summed E-state index contributed by atoms with van der Waals surface area (Å²) in [5.41, 5.74) is 3.80. The van der Waals surface area contributed by atoms with Crippen molar-refractivity contribution < 1.29 is 4.74 Å². The number of nitrogens with one attached hydrogen (secondary N) is 1. The van der Waals surface area contributed by atoms with Crippen LogP contribution in [0.5, 0.6) is 5.75 Å². The van der Waals surface area contributed by atoms with Gasteiger partial charge in [-0.05, 0) is 54.8 Å². The molecule has 0 radical (unpaired) electrons. The zero-order valence-corrected chi connectivity index (χ0v) is 12.4. The predicted molar refractivity (Wildman–Crippen MR) is 82.1 cm³/mol. The van der Waals surface area contributed by atoms with Gasteiger partial charge < -0.3 is 10.1 Å². The molecule has 0 saturated heterocycles. The Labute approximate surface area is 121 Å². The quantitative estimate of drug-likeness (QED) is 0.874. The van der Waals surface area contributed by atoms with E-state index in [0.717, 1.165) is 18.7 Å². The van der Waals surface area contributed by atoms with E-state index in [2.05, 4.69) is 42.3 Å². The van der Waals surface area contributed by atoms with Gasteiger partial charge in [0.25, 0.3) is 0 Å². The van der Waals surface area contributed by atoms with E-state index in [9.17, 15) is 0 Å². The normalized spacial score (nSPS) is 12.2. The molecule has 2 aromatic rings. The Kier molecular flexibility index (Phi) is 5.13. The van der Waals surface area contributed by atoms with Crippen LogP contribution in [0.3, 0.4) is 0 Å². The molecular weight excluding hydrogens is 248 g/mol. The third-order valence-electron chi connectivity index (χ3n) is 3.46. The van der Waals surface area contributed by atoms with Crippen LogP contribution in [0.15, 0.2) is 42.7 Å². The van der Waals surface area contributed by atoms with Gasteiger partial charge in [0.15, 0.2) is 0 Å². The maximum Gasteiger partial charge on any atom is 0.119 e. The highest BCUT2D eigenvalue weighted by molar-refractivity contribution is 5.32. The molecule has 3 heteroatoms. The summed E-state index contributed by atoms with van der Waals surface area (Å²) in [6.45, 7) is 5.18. The predicted octanol–water partition coefficient (Wildman–Crippen LogP) is 3.29. The average Bonchev–Trinajstić information content (AvgIpc) is 2.47. The molecule has 3 nitrogen and oxygen atoms in total. The summed E-state index contributed by atoms with van der Waals surface area (Å²) in [5, 5.41) is 3.56. The Bertz CT molecular complexity index is 554. The summed E-state index contributed by atoms with van der Waals surface area (Å²) in [4.78, 5) is 4.17. The first-order valence-corrected chi connectivity index (χ1v) is 7.01. The number of aromatic nitrogens is 1. The lowest BCUT2D eigenvalue weighted by molar-refractivity contribution is 0.414. The number of nitrogens with zero attached hydrogens (tertiary/aromatic N) is 1. The molecule has 1 atom stereocenters. The van der Waals surface area contributed by atoms with Gasteiger partial charge in [-0.2, -0.15) is 0 Å². The molecule has 20 heavy (non-hydrogen) atoms. The number of benzene rings is 1. The number of methoxy groups -OCH3 is 1. The maximum absolute atomic E-state index is 5.30. The molecule has 1 N–H and O–H groups in total. The third-order valence-corrected chi connectivity index (χ3v) is 3.46. The first kappa shape index (κ1) is 14.5. The van der Waals surface area contributed by atoms with Crippen molar-refractivity contribution in [3.05, 3.63) is 59.4 Å². The van der Waals surface area contributed by atoms with Gasteiger partial charge in [0.05, 0.1) is 7.11 Å². The molecule has 0 saturated carbocycles. The molecule has 1 aromatic carbocycles. The highest BCUT2D eigenvalue weighted by atomic mass is 16.5. The van der Waals surface area contributed by atoms with Gasteiger partial charge in [0, 0.05) is 18.4 Å². The van der Waals surface area contributed by atoms with Gasteiger partial charge in [-0.15, -0.1) is 0 Å². The summed E-state index contributed by atoms with van der Waals surface area (Å²) in [6.07, 6.45) is 4.72. The zero-order chi connectivity index (χ0) is 14.4. The van der Waals surface area contributed by atoms with E-state index in [1.54, 1.807) is 7.11 Å². The lowest BCUT2D eigenvalue weighted by Gasteiger charge is -2.20. The molecule has 0 aliphatic rings. The molecule has 0 bridgehead atoms. The van der Waals surface area contributed by atoms with E-state index in [1.807, 2.05) is 24.5 Å². The summed E-state index contributed by atoms with van der Waals surface area (Å²) >= 11 is 0. The van der Waals surface area contributed by atoms with E-state index in [-0.39, 0.29) is 0 Å². The second kappa shape index (κ2) is 7.06. The number of likely N-dealkylation sites (N-methyl/N-ethyl adjacent to an activating group) is 1. The number of ether oxygens (including phenoxy) is 1. The van der Waals surface area contributed by atoms with Crippen LogP contribution in [-0.4, -0.2) is 18.6 Å². The van der Waals surface area contributed by atoms with E-state index in [1.165, 1.54) is 16.7 Å². The minimum absolute atomic E-state index is 0.301. The van der Waals surface area contributed by atoms with Crippen molar-refractivity contribution in [3.8, 4) is 5.75 Å². The largest absolute Gasteiger partial charge is 0.497 e. The van der Waals surface area contributed by atoms with Crippen molar-refractivity contribution in [1.29, 1.82) is 0 Å². The van der Waals surface area contributed by atoms with Crippen LogP contribution in [0, 0.1) is 6.92 Å². The standard InChI is InChI=1S/C17H22N2O/c1-4-19-17(16-8-9-18-12-13(16)2)11-14-6-5-7-15(10-14)20-3/h5-10,12,17,19H,4,11H2,1-3H3. The lowest BCUT2D eigenvalue weighted by Crippen LogP contribution is -2.23. The van der Waals surface area contributed by atoms with E-state index >= 15 is 0 Å². The maximum atomic E-state index is 5.30. The van der Waals surface area contributed by atoms with Crippen LogP contribution >= 0.6 is 0 Å². The SMILES string of the molecule is CCNC(Cc1cccc(OC)c1)c1ccncc1C. The van der Waals surface area contributed by atoms with Gasteiger partial charge in [-0.25, -0.2) is 0 Å². The molecule has 0 fully saturated rings. The van der Waals surface area contributed by atoms with Gasteiger partial charge in [0.2, 0.25) is 0 Å². The second-order valence-electron chi connectivity index (χ2n) is 4.90. The van der Waals surface area contributed by atoms with Crippen molar-refractivity contribution in [3.63, 3.8) is 0 Å². The minimum atomic E-state index is 0.301. The van der Waals surface area contributed by atoms with E-state index in [4.69, 9.17) is 4.74 Å². The smallest absolute Gasteiger partial charge is 0.119 e. The Morgan fingerprint density at radius 1 is 1.30 bits per heavy atom. The van der Waals surface area contributed by atoms with Gasteiger partial charge in [-0.3, -0.25) is 4.98 Å². The van der Waals surface area contributed by atoms with Gasteiger partial charge >= 0.3 is 0 Å². The second-order valence-corrected chi connectivity index (χ2v) is 4.90. The van der Waals surface area contributed by atoms with Crippen molar-refractivity contribution in [2.75, 3.05) is 13.7 Å². The topological polar surface area (TPSA) is 34.1 Å². The van der Waals surface area contributed by atoms with Crippen molar-refractivity contribution in [1.82, 2.24) is 10.3 Å². The summed E-state index contributed by atoms with van der Waals surface area (Å²) in [6, 6.07) is 10.7. The highest BCUT2D eigenvalue weighted by Gasteiger charge is 2.13. The van der Waals surface area contributed by atoms with E-state index in [0.29, 0.717) is 6.04 Å².